The summed E-state index contributed by atoms with van der Waals surface area (Å²) in [6.07, 6.45) is 5.95. The lowest BCUT2D eigenvalue weighted by Crippen LogP contribution is -2.53. The third-order valence-electron chi connectivity index (χ3n) is 8.11. The van der Waals surface area contributed by atoms with Gasteiger partial charge in [0, 0.05) is 24.4 Å². The maximum atomic E-state index is 12.6. The van der Waals surface area contributed by atoms with Gasteiger partial charge in [0.15, 0.2) is 11.1 Å². The summed E-state index contributed by atoms with van der Waals surface area (Å²) < 4.78 is 38.2. The number of benzene rings is 2. The van der Waals surface area contributed by atoms with Crippen LogP contribution in [-0.4, -0.2) is 49.6 Å². The topological polar surface area (TPSA) is 97.6 Å². The Morgan fingerprint density at radius 2 is 2.03 bits per heavy atom. The summed E-state index contributed by atoms with van der Waals surface area (Å²) in [5.74, 6) is 0.773. The number of pyridine rings is 1. The molecule has 0 N–H and O–H groups in total. The number of hydrogen-bond donors (Lipinski definition) is 0. The summed E-state index contributed by atoms with van der Waals surface area (Å²) in [6, 6.07) is 13.6. The van der Waals surface area contributed by atoms with Crippen molar-refractivity contribution in [3.63, 3.8) is 0 Å². The minimum Gasteiger partial charge on any atom is -0.484 e. The smallest absolute Gasteiger partial charge is 0.189 e. The van der Waals surface area contributed by atoms with Gasteiger partial charge >= 0.3 is 0 Å². The van der Waals surface area contributed by atoms with Gasteiger partial charge in [-0.25, -0.2) is 8.89 Å². The van der Waals surface area contributed by atoms with E-state index in [-0.39, 0.29) is 18.2 Å². The molecule has 3 aliphatic heterocycles. The molecule has 8 rings (SSSR count). The number of aryl methyl sites for hydroxylation is 1. The molecule has 2 aromatic heterocycles. The molecule has 2 aromatic carbocycles. The van der Waals surface area contributed by atoms with Crippen LogP contribution in [0, 0.1) is 6.92 Å². The summed E-state index contributed by atoms with van der Waals surface area (Å²) >= 11 is -1.52. The number of rotatable bonds is 8. The first-order valence-corrected chi connectivity index (χ1v) is 14.3. The molecular formula is C29H30N4O5S. The average Bonchev–Trinajstić information content (AvgIpc) is 3.67. The summed E-state index contributed by atoms with van der Waals surface area (Å²) in [5.41, 5.74) is 4.58. The fourth-order valence-electron chi connectivity index (χ4n) is 5.97. The number of fused-ring (bicyclic) bond motifs is 4. The van der Waals surface area contributed by atoms with Gasteiger partial charge in [-0.2, -0.15) is 0 Å². The van der Waals surface area contributed by atoms with Gasteiger partial charge in [0.05, 0.1) is 54.2 Å². The third kappa shape index (κ3) is 4.45. The molecule has 0 radical (unpaired) electrons. The molecule has 202 valence electrons. The standard InChI is InChI=1S/C29H30N4O5S/c1-19-3-6-23(7-4-19)39(34)37-18-29-15-28(16-29,17-36-29)33-13-27(31-32-33)20(2)38-22-5-8-26-25(11-22)24-9-10-35-14-21(24)12-30-26/h3-8,11-13,20H,9-10,14-18H2,1-2H3. The van der Waals surface area contributed by atoms with Crippen molar-refractivity contribution in [2.24, 2.45) is 0 Å². The molecule has 39 heavy (non-hydrogen) atoms. The zero-order valence-electron chi connectivity index (χ0n) is 22.0. The van der Waals surface area contributed by atoms with Gasteiger partial charge in [-0.05, 0) is 61.7 Å². The van der Waals surface area contributed by atoms with Crippen LogP contribution in [0.2, 0.25) is 0 Å². The Bertz CT molecular complexity index is 1560. The van der Waals surface area contributed by atoms with Gasteiger partial charge in [-0.3, -0.25) is 9.17 Å². The van der Waals surface area contributed by atoms with Crippen LogP contribution in [0.3, 0.4) is 0 Å². The van der Waals surface area contributed by atoms with E-state index in [9.17, 15) is 4.21 Å². The van der Waals surface area contributed by atoms with E-state index in [1.807, 2.05) is 67.3 Å². The Hall–Kier alpha value is -3.18. The van der Waals surface area contributed by atoms with E-state index in [1.54, 1.807) is 0 Å². The summed E-state index contributed by atoms with van der Waals surface area (Å²) in [4.78, 5) is 5.24. The van der Waals surface area contributed by atoms with Crippen LogP contribution in [0.5, 0.6) is 5.75 Å². The van der Waals surface area contributed by atoms with Gasteiger partial charge < -0.3 is 14.2 Å². The van der Waals surface area contributed by atoms with Gasteiger partial charge in [-0.15, -0.1) is 5.10 Å². The van der Waals surface area contributed by atoms with E-state index in [1.165, 1.54) is 5.56 Å². The summed E-state index contributed by atoms with van der Waals surface area (Å²) in [7, 11) is 0. The SMILES string of the molecule is Cc1ccc(S(=O)OCC23CC(n4cc(C(C)Oc5ccc6ncc7c(c6c5)CCOC7)nn4)(CO2)C3)cc1. The zero-order valence-corrected chi connectivity index (χ0v) is 22.8. The molecule has 1 aliphatic carbocycles. The van der Waals surface area contributed by atoms with Crippen LogP contribution in [0.25, 0.3) is 10.9 Å². The lowest BCUT2D eigenvalue weighted by molar-refractivity contribution is -0.0467. The molecule has 10 heteroatoms. The normalized spacial score (nSPS) is 25.2. The monoisotopic (exact) mass is 546 g/mol. The van der Waals surface area contributed by atoms with Crippen LogP contribution in [0.4, 0.5) is 0 Å². The molecule has 4 aromatic rings. The highest BCUT2D eigenvalue weighted by atomic mass is 32.2. The lowest BCUT2D eigenvalue weighted by atomic mass is 9.69. The van der Waals surface area contributed by atoms with E-state index < -0.39 is 16.7 Å². The Kier molecular flexibility index (Phi) is 6.04. The van der Waals surface area contributed by atoms with Gasteiger partial charge in [0.2, 0.25) is 0 Å². The predicted octanol–water partition coefficient (Wildman–Crippen LogP) is 4.34. The zero-order chi connectivity index (χ0) is 26.6. The lowest BCUT2D eigenvalue weighted by Gasteiger charge is -2.43. The van der Waals surface area contributed by atoms with Gasteiger partial charge in [-0.1, -0.05) is 22.9 Å². The van der Waals surface area contributed by atoms with Crippen LogP contribution in [0.15, 0.2) is 59.8 Å². The number of nitrogens with zero attached hydrogens (tertiary/aromatic N) is 4. The Balaban J connectivity index is 1.00. The Labute approximate surface area is 229 Å². The molecule has 1 saturated carbocycles. The second-order valence-corrected chi connectivity index (χ2v) is 12.1. The Morgan fingerprint density at radius 3 is 2.87 bits per heavy atom. The van der Waals surface area contributed by atoms with Crippen molar-refractivity contribution < 1.29 is 22.6 Å². The van der Waals surface area contributed by atoms with E-state index in [0.717, 1.165) is 59.3 Å². The van der Waals surface area contributed by atoms with Crippen molar-refractivity contribution in [1.29, 1.82) is 0 Å². The maximum Gasteiger partial charge on any atom is 0.189 e. The van der Waals surface area contributed by atoms with Crippen molar-refractivity contribution in [3.05, 3.63) is 77.2 Å². The first-order chi connectivity index (χ1) is 18.9. The molecular weight excluding hydrogens is 516 g/mol. The molecule has 5 heterocycles. The highest BCUT2D eigenvalue weighted by Gasteiger charge is 2.64. The first kappa shape index (κ1) is 24.8. The average molecular weight is 547 g/mol. The fraction of sp³-hybridized carbons (Fsp3) is 0.414. The van der Waals surface area contributed by atoms with E-state index in [4.69, 9.17) is 18.4 Å². The summed E-state index contributed by atoms with van der Waals surface area (Å²) in [5, 5.41) is 9.98. The molecule has 2 atom stereocenters. The van der Waals surface area contributed by atoms with Crippen LogP contribution in [-0.2, 0) is 43.3 Å². The van der Waals surface area contributed by atoms with Gasteiger partial charge in [0.25, 0.3) is 0 Å². The van der Waals surface area contributed by atoms with E-state index in [0.29, 0.717) is 18.1 Å². The number of ether oxygens (including phenoxy) is 3. The van der Waals surface area contributed by atoms with Crippen LogP contribution < -0.4 is 4.74 Å². The van der Waals surface area contributed by atoms with Crippen molar-refractivity contribution >= 4 is 22.0 Å². The molecule has 2 saturated heterocycles. The van der Waals surface area contributed by atoms with Crippen molar-refractivity contribution in [2.45, 2.75) is 61.9 Å². The maximum absolute atomic E-state index is 12.6. The van der Waals surface area contributed by atoms with Crippen molar-refractivity contribution in [3.8, 4) is 5.75 Å². The molecule has 0 spiro atoms. The molecule has 4 aliphatic rings. The predicted molar refractivity (Wildman–Crippen MR) is 144 cm³/mol. The fourth-order valence-corrected chi connectivity index (χ4v) is 6.78. The highest BCUT2D eigenvalue weighted by molar-refractivity contribution is 7.80. The first-order valence-electron chi connectivity index (χ1n) is 13.3. The second kappa shape index (κ2) is 9.48. The molecule has 9 nitrogen and oxygen atoms in total. The van der Waals surface area contributed by atoms with Crippen molar-refractivity contribution in [2.75, 3.05) is 19.8 Å². The highest BCUT2D eigenvalue weighted by Crippen LogP contribution is 2.56. The van der Waals surface area contributed by atoms with Crippen molar-refractivity contribution in [1.82, 2.24) is 20.0 Å². The number of aromatic nitrogens is 4. The summed E-state index contributed by atoms with van der Waals surface area (Å²) in [6.45, 7) is 6.11. The van der Waals surface area contributed by atoms with Gasteiger partial charge in [0.1, 0.15) is 17.5 Å². The van der Waals surface area contributed by atoms with Crippen LogP contribution >= 0.6 is 0 Å². The Morgan fingerprint density at radius 1 is 1.18 bits per heavy atom. The van der Waals surface area contributed by atoms with E-state index >= 15 is 0 Å². The minimum atomic E-state index is -1.52. The quantitative estimate of drug-likeness (QED) is 0.322. The molecule has 2 unspecified atom stereocenters. The molecule has 3 fully saturated rings. The molecule has 0 amide bonds. The largest absolute Gasteiger partial charge is 0.484 e. The molecule has 2 bridgehead atoms. The van der Waals surface area contributed by atoms with Crippen LogP contribution in [0.1, 0.15) is 48.3 Å². The minimum absolute atomic E-state index is 0.255. The second-order valence-electron chi connectivity index (χ2n) is 11.0. The number of hydrogen-bond acceptors (Lipinski definition) is 8. The third-order valence-corrected chi connectivity index (χ3v) is 9.10. The van der Waals surface area contributed by atoms with E-state index in [2.05, 4.69) is 21.4 Å².